The Hall–Kier alpha value is -1.83. The number of benzene rings is 1. The summed E-state index contributed by atoms with van der Waals surface area (Å²) in [5.74, 6) is -2.84. The predicted molar refractivity (Wildman–Crippen MR) is 104 cm³/mol. The molecule has 0 aliphatic rings. The van der Waals surface area contributed by atoms with E-state index in [2.05, 4.69) is 16.9 Å². The molecular weight excluding hydrogens is 374 g/mol. The van der Waals surface area contributed by atoms with Gasteiger partial charge >= 0.3 is 11.9 Å². The Kier molecular flexibility index (Phi) is 10.7. The van der Waals surface area contributed by atoms with Gasteiger partial charge in [-0.05, 0) is 37.4 Å². The van der Waals surface area contributed by atoms with Crippen LogP contribution in [0.1, 0.15) is 39.5 Å². The third kappa shape index (κ3) is 8.51. The summed E-state index contributed by atoms with van der Waals surface area (Å²) in [5.41, 5.74) is 8.97. The van der Waals surface area contributed by atoms with Crippen molar-refractivity contribution >= 4 is 39.2 Å². The topological polar surface area (TPSA) is 112 Å². The van der Waals surface area contributed by atoms with Crippen LogP contribution in [0.3, 0.4) is 0 Å². The van der Waals surface area contributed by atoms with E-state index in [0.29, 0.717) is 23.8 Å². The number of esters is 1. The maximum atomic E-state index is 11.6. The van der Waals surface area contributed by atoms with E-state index in [0.717, 1.165) is 17.7 Å². The van der Waals surface area contributed by atoms with E-state index >= 15 is 0 Å². The van der Waals surface area contributed by atoms with Crippen LogP contribution < -0.4 is 0 Å². The fourth-order valence-electron chi connectivity index (χ4n) is 2.17. The van der Waals surface area contributed by atoms with E-state index < -0.39 is 17.9 Å². The molecule has 0 heterocycles. The van der Waals surface area contributed by atoms with Gasteiger partial charge in [0.05, 0.1) is 6.61 Å². The van der Waals surface area contributed by atoms with Gasteiger partial charge in [0.1, 0.15) is 0 Å². The van der Waals surface area contributed by atoms with Crippen molar-refractivity contribution in [3.63, 3.8) is 0 Å². The van der Waals surface area contributed by atoms with Gasteiger partial charge in [-0.3, -0.25) is 9.59 Å². The molecule has 26 heavy (non-hydrogen) atoms. The minimum Gasteiger partial charge on any atom is -0.481 e. The summed E-state index contributed by atoms with van der Waals surface area (Å²) >= 11 is 0. The van der Waals surface area contributed by atoms with E-state index in [-0.39, 0.29) is 6.61 Å². The van der Waals surface area contributed by atoms with E-state index in [1.165, 1.54) is 0 Å². The zero-order valence-electron chi connectivity index (χ0n) is 14.8. The van der Waals surface area contributed by atoms with Crippen molar-refractivity contribution < 1.29 is 19.4 Å². The molecule has 1 aromatic carbocycles. The Morgan fingerprint density at radius 2 is 1.92 bits per heavy atom. The highest BCUT2D eigenvalue weighted by Gasteiger charge is 2.26. The number of rotatable bonds is 12. The Morgan fingerprint density at radius 1 is 1.27 bits per heavy atom. The fourth-order valence-corrected chi connectivity index (χ4v) is 4.40. The third-order valence-electron chi connectivity index (χ3n) is 3.53. The molecule has 0 aliphatic heterocycles. The fraction of sp³-hybridized carbons (Fsp3) is 0.529. The van der Waals surface area contributed by atoms with Crippen molar-refractivity contribution in [3.05, 3.63) is 34.7 Å². The van der Waals surface area contributed by atoms with Gasteiger partial charge in [-0.15, -0.1) is 0 Å². The van der Waals surface area contributed by atoms with Gasteiger partial charge in [0.15, 0.2) is 5.92 Å². The first kappa shape index (κ1) is 22.2. The van der Waals surface area contributed by atoms with Crippen LogP contribution in [-0.4, -0.2) is 28.9 Å². The Labute approximate surface area is 160 Å². The van der Waals surface area contributed by atoms with Crippen molar-refractivity contribution in [1.29, 1.82) is 0 Å². The molecule has 0 fully saturated rings. The Bertz CT molecular complexity index is 633. The summed E-state index contributed by atoms with van der Waals surface area (Å²) in [6.45, 7) is 3.97. The van der Waals surface area contributed by atoms with Crippen molar-refractivity contribution in [3.8, 4) is 0 Å². The molecule has 1 N–H and O–H groups in total. The largest absolute Gasteiger partial charge is 0.481 e. The molecule has 9 heteroatoms. The average molecular weight is 398 g/mol. The van der Waals surface area contributed by atoms with Crippen LogP contribution in [-0.2, 0) is 14.3 Å². The first-order valence-electron chi connectivity index (χ1n) is 8.35. The van der Waals surface area contributed by atoms with Crippen LogP contribution in [0.2, 0.25) is 0 Å². The van der Waals surface area contributed by atoms with Crippen LogP contribution in [0.15, 0.2) is 34.3 Å². The number of aliphatic carboxylic acids is 1. The maximum absolute atomic E-state index is 11.6. The molecular formula is C17H23N3O4S2. The van der Waals surface area contributed by atoms with Gasteiger partial charge in [0, 0.05) is 20.7 Å². The number of unbranched alkanes of at least 4 members (excludes halogenated alkanes) is 1. The number of hydrogen-bond acceptors (Lipinski definition) is 6. The van der Waals surface area contributed by atoms with Gasteiger partial charge in [-0.25, -0.2) is 0 Å². The minimum absolute atomic E-state index is 0.192. The molecule has 1 aromatic rings. The standard InChI is InChI=1S/C17H23N3O4S2/c1-3-24-17(23)15(16(21)22)7-5-4-6-12(2)25-26-14-10-8-13(9-11-14)19-20-18/h8-12,15H,3-7H2,1-2H3,(H,21,22). The van der Waals surface area contributed by atoms with Gasteiger partial charge in [0.2, 0.25) is 0 Å². The van der Waals surface area contributed by atoms with Crippen LogP contribution in [0, 0.1) is 5.92 Å². The van der Waals surface area contributed by atoms with Gasteiger partial charge < -0.3 is 9.84 Å². The number of carboxylic acids is 1. The van der Waals surface area contributed by atoms with Gasteiger partial charge in [-0.2, -0.15) is 0 Å². The van der Waals surface area contributed by atoms with Crippen molar-refractivity contribution in [2.45, 2.75) is 49.7 Å². The number of carbonyl (C=O) groups is 2. The molecule has 0 amide bonds. The molecule has 1 rings (SSSR count). The average Bonchev–Trinajstić information content (AvgIpc) is 2.61. The lowest BCUT2D eigenvalue weighted by Gasteiger charge is -2.13. The molecule has 0 bridgehead atoms. The molecule has 0 aromatic heterocycles. The third-order valence-corrected chi connectivity index (χ3v) is 6.50. The van der Waals surface area contributed by atoms with Gasteiger partial charge in [0.25, 0.3) is 0 Å². The lowest BCUT2D eigenvalue weighted by Crippen LogP contribution is -2.25. The highest BCUT2D eigenvalue weighted by molar-refractivity contribution is 8.76. The highest BCUT2D eigenvalue weighted by Crippen LogP contribution is 2.36. The minimum atomic E-state index is -1.12. The number of hydrogen-bond donors (Lipinski definition) is 1. The van der Waals surface area contributed by atoms with Crippen molar-refractivity contribution in [2.75, 3.05) is 6.61 Å². The van der Waals surface area contributed by atoms with Crippen LogP contribution >= 0.6 is 21.6 Å². The summed E-state index contributed by atoms with van der Waals surface area (Å²) in [6.07, 6.45) is 2.77. The zero-order chi connectivity index (χ0) is 19.4. The number of carboxylic acid groups (broad SMARTS) is 1. The maximum Gasteiger partial charge on any atom is 0.320 e. The predicted octanol–water partition coefficient (Wildman–Crippen LogP) is 5.58. The second kappa shape index (κ2) is 12.5. The smallest absolute Gasteiger partial charge is 0.320 e. The van der Waals surface area contributed by atoms with E-state index in [9.17, 15) is 9.59 Å². The molecule has 0 saturated heterocycles. The molecule has 0 saturated carbocycles. The lowest BCUT2D eigenvalue weighted by molar-refractivity contribution is -0.158. The molecule has 2 unspecified atom stereocenters. The summed E-state index contributed by atoms with van der Waals surface area (Å²) in [4.78, 5) is 26.6. The molecule has 0 spiro atoms. The summed E-state index contributed by atoms with van der Waals surface area (Å²) < 4.78 is 4.80. The zero-order valence-corrected chi connectivity index (χ0v) is 16.5. The van der Waals surface area contributed by atoms with Crippen LogP contribution in [0.5, 0.6) is 0 Å². The number of azide groups is 1. The lowest BCUT2D eigenvalue weighted by atomic mass is 10.0. The SMILES string of the molecule is CCOC(=O)C(CCCCC(C)SSc1ccc(N=[N+]=[N-])cc1)C(=O)O. The molecule has 0 radical (unpaired) electrons. The molecule has 142 valence electrons. The number of ether oxygens (including phenoxy) is 1. The quantitative estimate of drug-likeness (QED) is 0.0936. The van der Waals surface area contributed by atoms with E-state index in [4.69, 9.17) is 15.4 Å². The Balaban J connectivity index is 2.29. The molecule has 7 nitrogen and oxygen atoms in total. The van der Waals surface area contributed by atoms with Crippen LogP contribution in [0.25, 0.3) is 10.4 Å². The Morgan fingerprint density at radius 3 is 2.50 bits per heavy atom. The molecule has 0 aliphatic carbocycles. The van der Waals surface area contributed by atoms with Crippen molar-refractivity contribution in [1.82, 2.24) is 0 Å². The summed E-state index contributed by atoms with van der Waals surface area (Å²) in [5, 5.41) is 13.0. The first-order valence-corrected chi connectivity index (χ1v) is 10.6. The normalized spacial score (nSPS) is 12.7. The van der Waals surface area contributed by atoms with Gasteiger partial charge in [-0.1, -0.05) is 58.6 Å². The summed E-state index contributed by atoms with van der Waals surface area (Å²) in [6, 6.07) is 7.36. The number of nitrogens with zero attached hydrogens (tertiary/aromatic N) is 3. The monoisotopic (exact) mass is 397 g/mol. The van der Waals surface area contributed by atoms with Crippen molar-refractivity contribution in [2.24, 2.45) is 11.0 Å². The first-order chi connectivity index (χ1) is 12.5. The second-order valence-electron chi connectivity index (χ2n) is 5.60. The van der Waals surface area contributed by atoms with Crippen LogP contribution in [0.4, 0.5) is 5.69 Å². The van der Waals surface area contributed by atoms with E-state index in [1.807, 2.05) is 12.1 Å². The second-order valence-corrected chi connectivity index (χ2v) is 8.31. The summed E-state index contributed by atoms with van der Waals surface area (Å²) in [7, 11) is 3.38. The molecule has 2 atom stereocenters. The van der Waals surface area contributed by atoms with E-state index in [1.54, 1.807) is 40.6 Å². The highest BCUT2D eigenvalue weighted by atomic mass is 33.1. The number of carbonyl (C=O) groups excluding carboxylic acids is 1.